The Kier molecular flexibility index (Phi) is 5.58. The molecule has 1 atom stereocenters. The first-order chi connectivity index (χ1) is 8.84. The van der Waals surface area contributed by atoms with Gasteiger partial charge in [0.2, 0.25) is 0 Å². The molecule has 1 N–H and O–H groups in total. The Labute approximate surface area is 109 Å². The minimum Gasteiger partial charge on any atom is -0.379 e. The van der Waals surface area contributed by atoms with Gasteiger partial charge in [-0.25, -0.2) is 0 Å². The second-order valence-electron chi connectivity index (χ2n) is 4.88. The van der Waals surface area contributed by atoms with Gasteiger partial charge in [-0.2, -0.15) is 0 Å². The van der Waals surface area contributed by atoms with Crippen molar-refractivity contribution in [2.45, 2.75) is 19.4 Å². The van der Waals surface area contributed by atoms with Crippen molar-refractivity contribution in [2.75, 3.05) is 39.4 Å². The number of hydrogen-bond donors (Lipinski definition) is 1. The molecule has 2 heterocycles. The lowest BCUT2D eigenvalue weighted by molar-refractivity contribution is 0.0344. The summed E-state index contributed by atoms with van der Waals surface area (Å²) in [5, 5.41) is 3.57. The van der Waals surface area contributed by atoms with Gasteiger partial charge in [-0.3, -0.25) is 9.88 Å². The molecule has 0 amide bonds. The molecule has 1 fully saturated rings. The van der Waals surface area contributed by atoms with Crippen molar-refractivity contribution >= 4 is 0 Å². The Morgan fingerprint density at radius 3 is 3.00 bits per heavy atom. The third kappa shape index (κ3) is 4.72. The Morgan fingerprint density at radius 2 is 2.28 bits per heavy atom. The minimum absolute atomic E-state index is 0.528. The van der Waals surface area contributed by atoms with Crippen LogP contribution in [0.15, 0.2) is 24.5 Å². The average Bonchev–Trinajstić information content (AvgIpc) is 2.41. The number of morpholine rings is 1. The maximum absolute atomic E-state index is 5.35. The summed E-state index contributed by atoms with van der Waals surface area (Å²) in [6, 6.07) is 4.65. The van der Waals surface area contributed by atoms with Crippen molar-refractivity contribution in [1.82, 2.24) is 15.2 Å². The summed E-state index contributed by atoms with van der Waals surface area (Å²) >= 11 is 0. The number of ether oxygens (including phenoxy) is 1. The van der Waals surface area contributed by atoms with Gasteiger partial charge < -0.3 is 10.1 Å². The number of rotatable bonds is 6. The lowest BCUT2D eigenvalue weighted by atomic mass is 10.2. The largest absolute Gasteiger partial charge is 0.379 e. The topological polar surface area (TPSA) is 37.4 Å². The highest BCUT2D eigenvalue weighted by molar-refractivity contribution is 5.08. The Morgan fingerprint density at radius 1 is 1.44 bits per heavy atom. The van der Waals surface area contributed by atoms with E-state index < -0.39 is 0 Å². The normalized spacial score (nSPS) is 18.7. The van der Waals surface area contributed by atoms with Crippen molar-refractivity contribution < 1.29 is 4.74 Å². The van der Waals surface area contributed by atoms with Crippen LogP contribution in [0.5, 0.6) is 0 Å². The van der Waals surface area contributed by atoms with Gasteiger partial charge >= 0.3 is 0 Å². The van der Waals surface area contributed by atoms with Crippen LogP contribution in [0.2, 0.25) is 0 Å². The summed E-state index contributed by atoms with van der Waals surface area (Å²) < 4.78 is 5.35. The molecule has 100 valence electrons. The fourth-order valence-electron chi connectivity index (χ4n) is 2.24. The van der Waals surface area contributed by atoms with Gasteiger partial charge in [0.25, 0.3) is 0 Å². The summed E-state index contributed by atoms with van der Waals surface area (Å²) in [7, 11) is 0. The molecule has 0 saturated carbocycles. The maximum Gasteiger partial charge on any atom is 0.0594 e. The molecule has 2 rings (SSSR count). The predicted molar refractivity (Wildman–Crippen MR) is 72.7 cm³/mol. The summed E-state index contributed by atoms with van der Waals surface area (Å²) in [6.07, 6.45) is 4.80. The van der Waals surface area contributed by atoms with E-state index in [1.807, 2.05) is 18.5 Å². The van der Waals surface area contributed by atoms with Crippen LogP contribution in [0, 0.1) is 0 Å². The van der Waals surface area contributed by atoms with Crippen molar-refractivity contribution in [3.8, 4) is 0 Å². The standard InChI is InChI=1S/C14H23N3O/c1-13(12-17-7-9-18-10-8-17)16-6-4-14-3-2-5-15-11-14/h2-3,5,11,13,16H,4,6-10,12H2,1H3. The highest BCUT2D eigenvalue weighted by Gasteiger charge is 2.12. The minimum atomic E-state index is 0.528. The van der Waals surface area contributed by atoms with E-state index in [1.54, 1.807) is 0 Å². The second-order valence-corrected chi connectivity index (χ2v) is 4.88. The predicted octanol–water partition coefficient (Wildman–Crippen LogP) is 0.934. The summed E-state index contributed by atoms with van der Waals surface area (Å²) in [5.41, 5.74) is 1.29. The molecule has 1 aromatic heterocycles. The van der Waals surface area contributed by atoms with E-state index in [2.05, 4.69) is 28.2 Å². The van der Waals surface area contributed by atoms with Gasteiger partial charge in [-0.15, -0.1) is 0 Å². The molecule has 1 aliphatic heterocycles. The molecular weight excluding hydrogens is 226 g/mol. The molecule has 1 unspecified atom stereocenters. The molecule has 18 heavy (non-hydrogen) atoms. The Balaban J connectivity index is 1.61. The van der Waals surface area contributed by atoms with Gasteiger partial charge in [0, 0.05) is 38.1 Å². The molecule has 4 nitrogen and oxygen atoms in total. The third-order valence-electron chi connectivity index (χ3n) is 3.27. The average molecular weight is 249 g/mol. The van der Waals surface area contributed by atoms with E-state index in [-0.39, 0.29) is 0 Å². The van der Waals surface area contributed by atoms with Crippen LogP contribution in [0.4, 0.5) is 0 Å². The van der Waals surface area contributed by atoms with Crippen LogP contribution in [0.1, 0.15) is 12.5 Å². The van der Waals surface area contributed by atoms with Gasteiger partial charge in [0.05, 0.1) is 13.2 Å². The zero-order valence-corrected chi connectivity index (χ0v) is 11.1. The zero-order chi connectivity index (χ0) is 12.6. The monoisotopic (exact) mass is 249 g/mol. The third-order valence-corrected chi connectivity index (χ3v) is 3.27. The molecule has 4 heteroatoms. The van der Waals surface area contributed by atoms with Crippen LogP contribution in [0.3, 0.4) is 0 Å². The van der Waals surface area contributed by atoms with Crippen LogP contribution in [-0.2, 0) is 11.2 Å². The first-order valence-electron chi connectivity index (χ1n) is 6.77. The number of nitrogens with zero attached hydrogens (tertiary/aromatic N) is 2. The lowest BCUT2D eigenvalue weighted by Crippen LogP contribution is -2.44. The van der Waals surface area contributed by atoms with Crippen LogP contribution < -0.4 is 5.32 Å². The zero-order valence-electron chi connectivity index (χ0n) is 11.1. The number of aromatic nitrogens is 1. The first kappa shape index (κ1) is 13.5. The maximum atomic E-state index is 5.35. The highest BCUT2D eigenvalue weighted by Crippen LogP contribution is 1.99. The summed E-state index contributed by atoms with van der Waals surface area (Å²) in [4.78, 5) is 6.59. The van der Waals surface area contributed by atoms with Gasteiger partial charge in [-0.1, -0.05) is 6.07 Å². The van der Waals surface area contributed by atoms with E-state index in [1.165, 1.54) is 5.56 Å². The molecule has 1 aliphatic rings. The van der Waals surface area contributed by atoms with Gasteiger partial charge in [0.1, 0.15) is 0 Å². The molecule has 1 saturated heterocycles. The van der Waals surface area contributed by atoms with Crippen LogP contribution in [0.25, 0.3) is 0 Å². The number of pyridine rings is 1. The highest BCUT2D eigenvalue weighted by atomic mass is 16.5. The lowest BCUT2D eigenvalue weighted by Gasteiger charge is -2.29. The number of nitrogens with one attached hydrogen (secondary N) is 1. The van der Waals surface area contributed by atoms with Crippen molar-refractivity contribution in [2.24, 2.45) is 0 Å². The Bertz CT molecular complexity index is 325. The smallest absolute Gasteiger partial charge is 0.0594 e. The second kappa shape index (κ2) is 7.46. The van der Waals surface area contributed by atoms with Gasteiger partial charge in [-0.05, 0) is 31.5 Å². The molecule has 1 aromatic rings. The molecule has 0 spiro atoms. The summed E-state index contributed by atoms with van der Waals surface area (Å²) in [6.45, 7) is 8.25. The fraction of sp³-hybridized carbons (Fsp3) is 0.643. The fourth-order valence-corrected chi connectivity index (χ4v) is 2.24. The molecular formula is C14H23N3O. The molecule has 0 aliphatic carbocycles. The van der Waals surface area contributed by atoms with E-state index in [9.17, 15) is 0 Å². The van der Waals surface area contributed by atoms with Crippen LogP contribution in [-0.4, -0.2) is 55.3 Å². The van der Waals surface area contributed by atoms with E-state index in [0.717, 1.165) is 45.8 Å². The van der Waals surface area contributed by atoms with Gasteiger partial charge in [0.15, 0.2) is 0 Å². The quantitative estimate of drug-likeness (QED) is 0.814. The molecule has 0 bridgehead atoms. The SMILES string of the molecule is CC(CN1CCOCC1)NCCc1cccnc1. The van der Waals surface area contributed by atoms with E-state index in [4.69, 9.17) is 4.74 Å². The van der Waals surface area contributed by atoms with Crippen molar-refractivity contribution in [3.63, 3.8) is 0 Å². The molecule has 0 aromatic carbocycles. The van der Waals surface area contributed by atoms with Crippen molar-refractivity contribution in [1.29, 1.82) is 0 Å². The number of hydrogen-bond acceptors (Lipinski definition) is 4. The van der Waals surface area contributed by atoms with Crippen LogP contribution >= 0.6 is 0 Å². The summed E-state index contributed by atoms with van der Waals surface area (Å²) in [5.74, 6) is 0. The Hall–Kier alpha value is -0.970. The molecule has 0 radical (unpaired) electrons. The van der Waals surface area contributed by atoms with E-state index in [0.29, 0.717) is 6.04 Å². The van der Waals surface area contributed by atoms with E-state index >= 15 is 0 Å². The first-order valence-corrected chi connectivity index (χ1v) is 6.77. The van der Waals surface area contributed by atoms with Crippen molar-refractivity contribution in [3.05, 3.63) is 30.1 Å².